The van der Waals surface area contributed by atoms with E-state index in [4.69, 9.17) is 35.2 Å². The predicted molar refractivity (Wildman–Crippen MR) is 156 cm³/mol. The van der Waals surface area contributed by atoms with Crippen LogP contribution in [0.25, 0.3) is 15.7 Å². The summed E-state index contributed by atoms with van der Waals surface area (Å²) in [5, 5.41) is 13.8. The Balaban J connectivity index is 1.87. The van der Waals surface area contributed by atoms with Gasteiger partial charge in [-0.25, -0.2) is 14.8 Å². The molecule has 4 heterocycles. The Hall–Kier alpha value is -4.66. The second-order valence-corrected chi connectivity index (χ2v) is 10.2. The minimum Gasteiger partial charge on any atom is -0.484 e. The molecule has 11 nitrogen and oxygen atoms in total. The van der Waals surface area contributed by atoms with Gasteiger partial charge in [0.2, 0.25) is 17.6 Å². The van der Waals surface area contributed by atoms with Crippen molar-refractivity contribution in [2.45, 2.75) is 17.9 Å². The molecule has 42 heavy (non-hydrogen) atoms. The van der Waals surface area contributed by atoms with E-state index in [-0.39, 0.29) is 18.2 Å². The van der Waals surface area contributed by atoms with Gasteiger partial charge in [0.1, 0.15) is 18.8 Å². The Kier molecular flexibility index (Phi) is 8.29. The number of nitrogens with zero attached hydrogens (tertiary/aromatic N) is 5. The molecule has 0 saturated carbocycles. The summed E-state index contributed by atoms with van der Waals surface area (Å²) in [6.45, 7) is 8.73. The average molecular weight is 572 g/mol. The number of aliphatic hydroxyl groups is 1. The molecule has 0 bridgehead atoms. The van der Waals surface area contributed by atoms with Crippen LogP contribution in [0.2, 0.25) is 0 Å². The molecule has 1 N–H and O–H groups in total. The van der Waals surface area contributed by atoms with Gasteiger partial charge in [0.05, 0.1) is 39.3 Å². The minimum absolute atomic E-state index is 0.280. The van der Waals surface area contributed by atoms with Gasteiger partial charge in [-0.2, -0.15) is 4.98 Å². The van der Waals surface area contributed by atoms with Crippen molar-refractivity contribution in [3.05, 3.63) is 76.8 Å². The number of ether oxygens (including phenoxy) is 5. The molecule has 2 unspecified atom stereocenters. The molecule has 1 aliphatic heterocycles. The van der Waals surface area contributed by atoms with Crippen molar-refractivity contribution in [2.75, 3.05) is 55.2 Å². The highest BCUT2D eigenvalue weighted by atomic mass is 16.6. The van der Waals surface area contributed by atoms with Crippen LogP contribution in [0.3, 0.4) is 0 Å². The molecule has 0 saturated heterocycles. The molecule has 2 atom stereocenters. The van der Waals surface area contributed by atoms with Gasteiger partial charge in [-0.1, -0.05) is 6.07 Å². The molecule has 11 heteroatoms. The third-order valence-electron chi connectivity index (χ3n) is 7.32. The summed E-state index contributed by atoms with van der Waals surface area (Å²) < 4.78 is 28.8. The lowest BCUT2D eigenvalue weighted by atomic mass is 9.71. The zero-order valence-electron chi connectivity index (χ0n) is 24.2. The maximum atomic E-state index is 13.1. The van der Waals surface area contributed by atoms with Crippen LogP contribution in [-0.4, -0.2) is 80.1 Å². The first-order valence-corrected chi connectivity index (χ1v) is 13.4. The molecule has 0 amide bonds. The first-order valence-electron chi connectivity index (χ1n) is 13.4. The van der Waals surface area contributed by atoms with Gasteiger partial charge in [0, 0.05) is 36.0 Å². The van der Waals surface area contributed by atoms with Gasteiger partial charge in [-0.3, -0.25) is 0 Å². The van der Waals surface area contributed by atoms with Crippen molar-refractivity contribution in [3.8, 4) is 29.3 Å². The second kappa shape index (κ2) is 12.1. The van der Waals surface area contributed by atoms with Gasteiger partial charge in [0.25, 0.3) is 5.88 Å². The lowest BCUT2D eigenvalue weighted by Gasteiger charge is -2.39. The van der Waals surface area contributed by atoms with E-state index < -0.39 is 11.5 Å². The summed E-state index contributed by atoms with van der Waals surface area (Å²) in [6, 6.07) is 12.4. The minimum atomic E-state index is -1.61. The molecule has 0 fully saturated rings. The molecular weight excluding hydrogens is 538 g/mol. The third-order valence-corrected chi connectivity index (χ3v) is 7.32. The van der Waals surface area contributed by atoms with Crippen LogP contribution in [-0.2, 0) is 5.60 Å². The lowest BCUT2D eigenvalue weighted by molar-refractivity contribution is 0.00206. The van der Waals surface area contributed by atoms with Crippen LogP contribution in [0.1, 0.15) is 29.0 Å². The zero-order chi connectivity index (χ0) is 29.9. The summed E-state index contributed by atoms with van der Waals surface area (Å²) in [4.78, 5) is 19.1. The number of fused-ring (bicyclic) bond motifs is 2. The van der Waals surface area contributed by atoms with E-state index in [0.29, 0.717) is 65.2 Å². The molecule has 0 spiro atoms. The quantitative estimate of drug-likeness (QED) is 0.276. The number of hydrogen-bond donors (Lipinski definition) is 1. The van der Waals surface area contributed by atoms with Crippen LogP contribution in [0.15, 0.2) is 48.7 Å². The van der Waals surface area contributed by atoms with Crippen molar-refractivity contribution in [1.29, 1.82) is 0 Å². The SMILES string of the molecule is [C-]#[N+]c1ccc2nc(OC)c(C(c3ccnc4c3OCCO4)C(O)(CCN(C)C)c3cc(OC)nc(OC)c3)cc2c1. The van der Waals surface area contributed by atoms with Gasteiger partial charge in [-0.15, -0.1) is 0 Å². The molecule has 3 aromatic heterocycles. The van der Waals surface area contributed by atoms with Gasteiger partial charge >= 0.3 is 0 Å². The first-order chi connectivity index (χ1) is 20.3. The zero-order valence-corrected chi connectivity index (χ0v) is 24.2. The molecule has 0 radical (unpaired) electrons. The van der Waals surface area contributed by atoms with Crippen molar-refractivity contribution < 1.29 is 28.8 Å². The average Bonchev–Trinajstić information content (AvgIpc) is 3.03. The number of hydrogen-bond acceptors (Lipinski definition) is 10. The van der Waals surface area contributed by atoms with Crippen molar-refractivity contribution in [1.82, 2.24) is 19.9 Å². The molecule has 5 rings (SSSR count). The second-order valence-electron chi connectivity index (χ2n) is 10.2. The molecule has 0 aliphatic carbocycles. The Bertz CT molecular complexity index is 1620. The number of aromatic nitrogens is 3. The smallest absolute Gasteiger partial charge is 0.257 e. The standard InChI is InChI=1S/C31H33N5O6/c1-32-21-7-8-24-19(15-21)16-23(29(34-24)40-6)27(22-9-11-33-30-28(22)41-13-14-42-30)31(37,10-12-36(2)3)20-17-25(38-4)35-26(18-20)39-5/h7-9,11,15-18,27,37H,10,12-14H2,2-6H3. The van der Waals surface area contributed by atoms with Gasteiger partial charge < -0.3 is 33.7 Å². The maximum Gasteiger partial charge on any atom is 0.257 e. The highest BCUT2D eigenvalue weighted by Gasteiger charge is 2.45. The Morgan fingerprint density at radius 2 is 1.71 bits per heavy atom. The third kappa shape index (κ3) is 5.46. The van der Waals surface area contributed by atoms with Crippen molar-refractivity contribution in [3.63, 3.8) is 0 Å². The normalized spacial score (nSPS) is 14.6. The Labute approximate surface area is 244 Å². The van der Waals surface area contributed by atoms with Gasteiger partial charge in [-0.05, 0) is 55.7 Å². The van der Waals surface area contributed by atoms with Crippen LogP contribution in [0.5, 0.6) is 29.3 Å². The van der Waals surface area contributed by atoms with E-state index in [1.54, 1.807) is 43.6 Å². The van der Waals surface area contributed by atoms with E-state index in [9.17, 15) is 5.11 Å². The summed E-state index contributed by atoms with van der Waals surface area (Å²) >= 11 is 0. The number of methoxy groups -OCH3 is 3. The topological polar surface area (TPSA) is 113 Å². The first kappa shape index (κ1) is 28.9. The van der Waals surface area contributed by atoms with E-state index in [1.165, 1.54) is 14.2 Å². The summed E-state index contributed by atoms with van der Waals surface area (Å²) in [6.07, 6.45) is 1.91. The largest absolute Gasteiger partial charge is 0.484 e. The summed E-state index contributed by atoms with van der Waals surface area (Å²) in [5.74, 6) is 0.854. The lowest BCUT2D eigenvalue weighted by Crippen LogP contribution is -2.38. The predicted octanol–water partition coefficient (Wildman–Crippen LogP) is 4.34. The monoisotopic (exact) mass is 571 g/mol. The van der Waals surface area contributed by atoms with Crippen molar-refractivity contribution in [2.24, 2.45) is 0 Å². The maximum absolute atomic E-state index is 13.1. The van der Waals surface area contributed by atoms with E-state index in [0.717, 1.165) is 5.39 Å². The van der Waals surface area contributed by atoms with Gasteiger partial charge in [0.15, 0.2) is 11.4 Å². The highest BCUT2D eigenvalue weighted by molar-refractivity contribution is 5.84. The van der Waals surface area contributed by atoms with Crippen LogP contribution >= 0.6 is 0 Å². The highest BCUT2D eigenvalue weighted by Crippen LogP contribution is 2.52. The van der Waals surface area contributed by atoms with E-state index >= 15 is 0 Å². The Morgan fingerprint density at radius 3 is 2.38 bits per heavy atom. The molecule has 1 aliphatic rings. The summed E-state index contributed by atoms with van der Waals surface area (Å²) in [7, 11) is 8.45. The molecule has 1 aromatic carbocycles. The van der Waals surface area contributed by atoms with E-state index in [2.05, 4.69) is 14.8 Å². The number of pyridine rings is 3. The molecular formula is C31H33N5O6. The Morgan fingerprint density at radius 1 is 0.976 bits per heavy atom. The van der Waals surface area contributed by atoms with Crippen LogP contribution in [0.4, 0.5) is 5.69 Å². The summed E-state index contributed by atoms with van der Waals surface area (Å²) in [5.41, 5.74) is 1.26. The van der Waals surface area contributed by atoms with E-state index in [1.807, 2.05) is 31.1 Å². The fraction of sp³-hybridized carbons (Fsp3) is 0.355. The van der Waals surface area contributed by atoms with Crippen molar-refractivity contribution >= 4 is 16.6 Å². The van der Waals surface area contributed by atoms with Crippen LogP contribution < -0.4 is 23.7 Å². The fourth-order valence-corrected chi connectivity index (χ4v) is 5.27. The molecule has 4 aromatic rings. The van der Waals surface area contributed by atoms with Crippen LogP contribution in [0, 0.1) is 6.57 Å². The molecule has 218 valence electrons. The fourth-order valence-electron chi connectivity index (χ4n) is 5.27. The number of benzene rings is 1. The number of rotatable bonds is 10.